The highest BCUT2D eigenvalue weighted by molar-refractivity contribution is 5.95. The maximum absolute atomic E-state index is 12.5. The zero-order valence-corrected chi connectivity index (χ0v) is 12.9. The average molecular weight is 291 g/mol. The Morgan fingerprint density at radius 2 is 2.29 bits per heavy atom. The van der Waals surface area contributed by atoms with Gasteiger partial charge in [-0.25, -0.2) is 0 Å². The second-order valence-electron chi connectivity index (χ2n) is 6.76. The molecule has 2 aliphatic rings. The summed E-state index contributed by atoms with van der Waals surface area (Å²) in [5.74, 6) is 0.459. The Bertz CT molecular complexity index is 530. The van der Waals surface area contributed by atoms with Crippen LogP contribution in [-0.2, 0) is 0 Å². The van der Waals surface area contributed by atoms with E-state index in [1.54, 1.807) is 6.20 Å². The van der Waals surface area contributed by atoms with E-state index in [0.717, 1.165) is 43.4 Å². The van der Waals surface area contributed by atoms with Crippen molar-refractivity contribution in [2.45, 2.75) is 57.9 Å². The van der Waals surface area contributed by atoms with Crippen molar-refractivity contribution in [3.63, 3.8) is 0 Å². The summed E-state index contributed by atoms with van der Waals surface area (Å²) in [5.41, 5.74) is 1.78. The van der Waals surface area contributed by atoms with Gasteiger partial charge in [0, 0.05) is 23.9 Å². The van der Waals surface area contributed by atoms with E-state index in [1.807, 2.05) is 4.68 Å². The Hall–Kier alpha value is -1.36. The molecule has 1 amide bonds. The first-order chi connectivity index (χ1) is 10.1. The average Bonchev–Trinajstić information content (AvgIpc) is 3.43. The molecular weight excluding hydrogens is 266 g/mol. The number of nitrogens with zero attached hydrogens (tertiary/aromatic N) is 2. The third-order valence-electron chi connectivity index (χ3n) is 4.97. The monoisotopic (exact) mass is 291 g/mol. The van der Waals surface area contributed by atoms with Gasteiger partial charge in [-0.3, -0.25) is 9.48 Å². The summed E-state index contributed by atoms with van der Waals surface area (Å²) in [6, 6.07) is 0.328. The Kier molecular flexibility index (Phi) is 3.78. The number of aromatic nitrogens is 2. The number of nitrogens with one attached hydrogen (secondary N) is 1. The molecule has 116 valence electrons. The van der Waals surface area contributed by atoms with Crippen LogP contribution in [0.2, 0.25) is 0 Å². The Balaban J connectivity index is 1.75. The lowest BCUT2D eigenvalue weighted by molar-refractivity contribution is 0.0934. The molecule has 0 radical (unpaired) electrons. The van der Waals surface area contributed by atoms with E-state index < -0.39 is 0 Å². The largest absolute Gasteiger partial charge is 0.396 e. The second-order valence-corrected chi connectivity index (χ2v) is 6.76. The molecule has 1 heterocycles. The smallest absolute Gasteiger partial charge is 0.254 e. The van der Waals surface area contributed by atoms with Crippen LogP contribution in [0, 0.1) is 5.41 Å². The van der Waals surface area contributed by atoms with Gasteiger partial charge in [-0.1, -0.05) is 6.92 Å². The van der Waals surface area contributed by atoms with Crippen LogP contribution in [0.1, 0.15) is 74.0 Å². The number of carbonyl (C=O) groups excluding carboxylic acids is 1. The summed E-state index contributed by atoms with van der Waals surface area (Å²) in [6.07, 6.45) is 7.05. The first-order valence-corrected chi connectivity index (χ1v) is 8.06. The van der Waals surface area contributed by atoms with E-state index in [-0.39, 0.29) is 17.9 Å². The molecule has 2 aliphatic carbocycles. The van der Waals surface area contributed by atoms with Crippen molar-refractivity contribution in [1.82, 2.24) is 15.1 Å². The summed E-state index contributed by atoms with van der Waals surface area (Å²) in [4.78, 5) is 12.5. The van der Waals surface area contributed by atoms with Crippen LogP contribution in [-0.4, -0.2) is 33.9 Å². The van der Waals surface area contributed by atoms with Gasteiger partial charge in [-0.05, 0) is 39.0 Å². The lowest BCUT2D eigenvalue weighted by Crippen LogP contribution is -2.32. The van der Waals surface area contributed by atoms with Gasteiger partial charge in [0.05, 0.1) is 24.1 Å². The Labute approximate surface area is 125 Å². The van der Waals surface area contributed by atoms with Crippen molar-refractivity contribution < 1.29 is 9.90 Å². The number of rotatable bonds is 7. The summed E-state index contributed by atoms with van der Waals surface area (Å²) in [6.45, 7) is 5.02. The Morgan fingerprint density at radius 1 is 1.57 bits per heavy atom. The van der Waals surface area contributed by atoms with Crippen LogP contribution in [0.25, 0.3) is 0 Å². The van der Waals surface area contributed by atoms with Crippen molar-refractivity contribution in [3.8, 4) is 0 Å². The molecule has 1 atom stereocenters. The number of aliphatic hydroxyl groups is 1. The lowest BCUT2D eigenvalue weighted by atomic mass is 10.1. The standard InChI is InChI=1S/C16H25N3O2/c1-3-11(2)19-14(12-4-5-12)13(8-18-19)15(21)17-9-16(10-20)6-7-16/h8,11-12,20H,3-7,9-10H2,1-2H3,(H,17,21). The molecule has 1 aromatic heterocycles. The molecule has 0 bridgehead atoms. The third-order valence-corrected chi connectivity index (χ3v) is 4.97. The van der Waals surface area contributed by atoms with E-state index >= 15 is 0 Å². The van der Waals surface area contributed by atoms with Crippen LogP contribution in [0.3, 0.4) is 0 Å². The van der Waals surface area contributed by atoms with E-state index in [2.05, 4.69) is 24.3 Å². The molecule has 5 heteroatoms. The predicted octanol–water partition coefficient (Wildman–Crippen LogP) is 2.23. The van der Waals surface area contributed by atoms with Crippen LogP contribution in [0.5, 0.6) is 0 Å². The van der Waals surface area contributed by atoms with E-state index in [4.69, 9.17) is 0 Å². The second kappa shape index (κ2) is 5.44. The topological polar surface area (TPSA) is 67.2 Å². The highest BCUT2D eigenvalue weighted by Gasteiger charge is 2.42. The molecule has 0 aromatic carbocycles. The van der Waals surface area contributed by atoms with Crippen molar-refractivity contribution in [2.24, 2.45) is 5.41 Å². The molecule has 2 N–H and O–H groups in total. The Morgan fingerprint density at radius 3 is 2.81 bits per heavy atom. The number of amides is 1. The van der Waals surface area contributed by atoms with Crippen molar-refractivity contribution in [3.05, 3.63) is 17.5 Å². The fraction of sp³-hybridized carbons (Fsp3) is 0.750. The molecule has 2 fully saturated rings. The SMILES string of the molecule is CCC(C)n1ncc(C(=O)NCC2(CO)CC2)c1C1CC1. The maximum atomic E-state index is 12.5. The van der Waals surface area contributed by atoms with Crippen LogP contribution in [0.4, 0.5) is 0 Å². The molecule has 2 saturated carbocycles. The lowest BCUT2D eigenvalue weighted by Gasteiger charge is -2.15. The maximum Gasteiger partial charge on any atom is 0.254 e. The fourth-order valence-corrected chi connectivity index (χ4v) is 2.77. The highest BCUT2D eigenvalue weighted by atomic mass is 16.3. The minimum Gasteiger partial charge on any atom is -0.396 e. The van der Waals surface area contributed by atoms with Crippen LogP contribution in [0.15, 0.2) is 6.20 Å². The molecule has 1 unspecified atom stereocenters. The molecular formula is C16H25N3O2. The first-order valence-electron chi connectivity index (χ1n) is 8.06. The number of carbonyl (C=O) groups is 1. The summed E-state index contributed by atoms with van der Waals surface area (Å²) >= 11 is 0. The van der Waals surface area contributed by atoms with Gasteiger partial charge < -0.3 is 10.4 Å². The normalized spacial score (nSPS) is 21.1. The molecule has 5 nitrogen and oxygen atoms in total. The van der Waals surface area contributed by atoms with E-state index in [9.17, 15) is 9.90 Å². The minimum absolute atomic E-state index is 0.0359. The molecule has 1 aromatic rings. The summed E-state index contributed by atoms with van der Waals surface area (Å²) < 4.78 is 2.03. The number of aliphatic hydroxyl groups excluding tert-OH is 1. The van der Waals surface area contributed by atoms with Crippen molar-refractivity contribution >= 4 is 5.91 Å². The molecule has 0 spiro atoms. The fourth-order valence-electron chi connectivity index (χ4n) is 2.77. The third kappa shape index (κ3) is 2.84. The van der Waals surface area contributed by atoms with Gasteiger partial charge in [0.1, 0.15) is 0 Å². The molecule has 21 heavy (non-hydrogen) atoms. The van der Waals surface area contributed by atoms with Gasteiger partial charge in [0.25, 0.3) is 5.91 Å². The first kappa shape index (κ1) is 14.6. The zero-order chi connectivity index (χ0) is 15.0. The summed E-state index contributed by atoms with van der Waals surface area (Å²) in [7, 11) is 0. The number of hydrogen-bond donors (Lipinski definition) is 2. The van der Waals surface area contributed by atoms with Crippen molar-refractivity contribution in [1.29, 1.82) is 0 Å². The quantitative estimate of drug-likeness (QED) is 0.809. The molecule has 0 saturated heterocycles. The highest BCUT2D eigenvalue weighted by Crippen LogP contribution is 2.45. The van der Waals surface area contributed by atoms with E-state index in [1.165, 1.54) is 0 Å². The van der Waals surface area contributed by atoms with Crippen LogP contribution >= 0.6 is 0 Å². The van der Waals surface area contributed by atoms with Gasteiger partial charge in [0.2, 0.25) is 0 Å². The van der Waals surface area contributed by atoms with Crippen LogP contribution < -0.4 is 5.32 Å². The van der Waals surface area contributed by atoms with Gasteiger partial charge in [-0.2, -0.15) is 5.10 Å². The van der Waals surface area contributed by atoms with E-state index in [0.29, 0.717) is 18.5 Å². The molecule has 0 aliphatic heterocycles. The van der Waals surface area contributed by atoms with Gasteiger partial charge in [-0.15, -0.1) is 0 Å². The zero-order valence-electron chi connectivity index (χ0n) is 12.9. The molecule has 3 rings (SSSR count). The minimum atomic E-state index is -0.0535. The van der Waals surface area contributed by atoms with Gasteiger partial charge >= 0.3 is 0 Å². The van der Waals surface area contributed by atoms with Crippen molar-refractivity contribution in [2.75, 3.05) is 13.2 Å². The van der Waals surface area contributed by atoms with Gasteiger partial charge in [0.15, 0.2) is 0 Å². The predicted molar refractivity (Wildman–Crippen MR) is 80.3 cm³/mol. The summed E-state index contributed by atoms with van der Waals surface area (Å²) in [5, 5.41) is 16.8. The number of hydrogen-bond acceptors (Lipinski definition) is 3.